The molecule has 1 aromatic heterocycles. The Labute approximate surface area is 125 Å². The topological polar surface area (TPSA) is 44.8 Å². The van der Waals surface area contributed by atoms with Crippen molar-refractivity contribution in [3.8, 4) is 17.2 Å². The fourth-order valence-corrected chi connectivity index (χ4v) is 2.85. The molecular weight excluding hydrogens is 300 g/mol. The number of rotatable bonds is 5. The Morgan fingerprint density at radius 3 is 2.20 bits per heavy atom. The second-order valence-corrected chi connectivity index (χ2v) is 5.53. The summed E-state index contributed by atoms with van der Waals surface area (Å²) in [5.41, 5.74) is 0.406. The van der Waals surface area contributed by atoms with E-state index < -0.39 is 0 Å². The molecule has 6 heteroatoms. The van der Waals surface area contributed by atoms with E-state index in [4.69, 9.17) is 25.8 Å². The molecule has 0 radical (unpaired) electrons. The smallest absolute Gasteiger partial charge is 0.206 e. The first-order valence-corrected chi connectivity index (χ1v) is 6.90. The first-order chi connectivity index (χ1) is 9.62. The van der Waals surface area contributed by atoms with Crippen molar-refractivity contribution >= 4 is 28.7 Å². The van der Waals surface area contributed by atoms with E-state index in [1.54, 1.807) is 24.3 Å². The largest absolute Gasteiger partial charge is 0.493 e. The van der Waals surface area contributed by atoms with E-state index in [0.29, 0.717) is 32.0 Å². The van der Waals surface area contributed by atoms with Gasteiger partial charge in [0.25, 0.3) is 0 Å². The van der Waals surface area contributed by atoms with Crippen LogP contribution >= 0.6 is 22.9 Å². The van der Waals surface area contributed by atoms with Crippen molar-refractivity contribution in [1.29, 1.82) is 0 Å². The molecule has 0 saturated heterocycles. The lowest BCUT2D eigenvalue weighted by Crippen LogP contribution is -2.04. The van der Waals surface area contributed by atoms with Crippen LogP contribution in [-0.4, -0.2) is 27.1 Å². The molecule has 0 bridgehead atoms. The third kappa shape index (κ3) is 2.59. The summed E-state index contributed by atoms with van der Waals surface area (Å²) >= 11 is 7.08. The summed E-state index contributed by atoms with van der Waals surface area (Å²) in [7, 11) is 4.50. The molecule has 0 unspecified atom stereocenters. The van der Waals surface area contributed by atoms with Gasteiger partial charge in [-0.15, -0.1) is 11.3 Å². The number of methoxy groups -OCH3 is 3. The van der Waals surface area contributed by atoms with Gasteiger partial charge >= 0.3 is 0 Å². The zero-order valence-electron chi connectivity index (χ0n) is 11.2. The molecule has 0 aliphatic carbocycles. The van der Waals surface area contributed by atoms with Crippen molar-refractivity contribution in [1.82, 2.24) is 0 Å². The maximum atomic E-state index is 12.5. The Bertz CT molecular complexity index is 636. The van der Waals surface area contributed by atoms with Gasteiger partial charge in [0.1, 0.15) is 0 Å². The Hall–Kier alpha value is -1.72. The van der Waals surface area contributed by atoms with E-state index in [2.05, 4.69) is 0 Å². The van der Waals surface area contributed by atoms with Gasteiger partial charge < -0.3 is 14.2 Å². The zero-order chi connectivity index (χ0) is 14.7. The molecule has 0 aliphatic heterocycles. The molecule has 0 atom stereocenters. The van der Waals surface area contributed by atoms with Gasteiger partial charge in [0.2, 0.25) is 11.5 Å². The summed E-state index contributed by atoms with van der Waals surface area (Å²) in [4.78, 5) is 13.0. The maximum Gasteiger partial charge on any atom is 0.206 e. The fourth-order valence-electron chi connectivity index (χ4n) is 1.85. The minimum absolute atomic E-state index is 0.167. The van der Waals surface area contributed by atoms with Gasteiger partial charge in [0.05, 0.1) is 36.1 Å². The van der Waals surface area contributed by atoms with E-state index in [1.807, 2.05) is 0 Å². The van der Waals surface area contributed by atoms with Crippen molar-refractivity contribution in [2.24, 2.45) is 0 Å². The Morgan fingerprint density at radius 2 is 1.70 bits per heavy atom. The second-order valence-electron chi connectivity index (χ2n) is 3.81. The zero-order valence-corrected chi connectivity index (χ0v) is 12.8. The van der Waals surface area contributed by atoms with Gasteiger partial charge in [-0.25, -0.2) is 0 Å². The minimum atomic E-state index is -0.167. The number of hydrogen-bond donors (Lipinski definition) is 0. The van der Waals surface area contributed by atoms with Crippen LogP contribution in [0.4, 0.5) is 0 Å². The highest BCUT2D eigenvalue weighted by Crippen LogP contribution is 2.41. The number of carbonyl (C=O) groups is 1. The summed E-state index contributed by atoms with van der Waals surface area (Å²) in [5.74, 6) is 1.08. The van der Waals surface area contributed by atoms with Crippen LogP contribution < -0.4 is 14.2 Å². The number of ether oxygens (including phenoxy) is 3. The van der Waals surface area contributed by atoms with Gasteiger partial charge in [-0.05, 0) is 24.3 Å². The summed E-state index contributed by atoms with van der Waals surface area (Å²) in [6, 6.07) is 6.69. The van der Waals surface area contributed by atoms with Gasteiger partial charge in [-0.2, -0.15) is 0 Å². The average molecular weight is 313 g/mol. The van der Waals surface area contributed by atoms with Crippen molar-refractivity contribution in [2.75, 3.05) is 21.3 Å². The molecule has 0 amide bonds. The van der Waals surface area contributed by atoms with Crippen LogP contribution in [0.25, 0.3) is 0 Å². The maximum absolute atomic E-state index is 12.5. The fraction of sp³-hybridized carbons (Fsp3) is 0.214. The summed E-state index contributed by atoms with van der Waals surface area (Å²) in [6.45, 7) is 0. The van der Waals surface area contributed by atoms with Crippen LogP contribution in [0.15, 0.2) is 24.3 Å². The summed E-state index contributed by atoms with van der Waals surface area (Å²) < 4.78 is 16.3. The standard InChI is InChI=1S/C14H13ClO4S/c1-17-9-5-4-8(13(18-2)14(9)19-3)12(16)10-6-7-11(15)20-10/h4-7H,1-3H3. The molecule has 1 aromatic carbocycles. The molecular formula is C14H13ClO4S. The molecule has 106 valence electrons. The molecule has 20 heavy (non-hydrogen) atoms. The van der Waals surface area contributed by atoms with Crippen LogP contribution in [-0.2, 0) is 0 Å². The first kappa shape index (κ1) is 14.7. The lowest BCUT2D eigenvalue weighted by Gasteiger charge is -2.14. The number of carbonyl (C=O) groups excluding carboxylic acids is 1. The Morgan fingerprint density at radius 1 is 1.00 bits per heavy atom. The quantitative estimate of drug-likeness (QED) is 0.790. The number of halogens is 1. The van der Waals surface area contributed by atoms with Crippen LogP contribution in [0, 0.1) is 0 Å². The predicted octanol–water partition coefficient (Wildman–Crippen LogP) is 3.66. The van der Waals surface area contributed by atoms with E-state index in [1.165, 1.54) is 32.7 Å². The van der Waals surface area contributed by atoms with E-state index >= 15 is 0 Å². The molecule has 2 rings (SSSR count). The van der Waals surface area contributed by atoms with Gasteiger partial charge in [0, 0.05) is 0 Å². The number of hydrogen-bond acceptors (Lipinski definition) is 5. The van der Waals surface area contributed by atoms with Crippen LogP contribution in [0.3, 0.4) is 0 Å². The van der Waals surface area contributed by atoms with Crippen LogP contribution in [0.2, 0.25) is 4.34 Å². The molecule has 4 nitrogen and oxygen atoms in total. The normalized spacial score (nSPS) is 10.2. The number of ketones is 1. The van der Waals surface area contributed by atoms with Crippen molar-refractivity contribution in [3.63, 3.8) is 0 Å². The molecule has 2 aromatic rings. The molecule has 0 fully saturated rings. The first-order valence-electron chi connectivity index (χ1n) is 5.71. The van der Waals surface area contributed by atoms with Crippen molar-refractivity contribution in [3.05, 3.63) is 39.0 Å². The number of thiophene rings is 1. The molecule has 0 N–H and O–H groups in total. The molecule has 1 heterocycles. The van der Waals surface area contributed by atoms with Gasteiger partial charge in [-0.3, -0.25) is 4.79 Å². The predicted molar refractivity (Wildman–Crippen MR) is 78.9 cm³/mol. The van der Waals surface area contributed by atoms with Gasteiger partial charge in [-0.1, -0.05) is 11.6 Å². The highest BCUT2D eigenvalue weighted by Gasteiger charge is 2.22. The Kier molecular flexibility index (Phi) is 4.52. The summed E-state index contributed by atoms with van der Waals surface area (Å²) in [5, 5.41) is 0. The SMILES string of the molecule is COc1ccc(C(=O)c2ccc(Cl)s2)c(OC)c1OC. The van der Waals surface area contributed by atoms with Gasteiger partial charge in [0.15, 0.2) is 11.5 Å². The third-order valence-corrected chi connectivity index (χ3v) is 3.98. The van der Waals surface area contributed by atoms with E-state index in [-0.39, 0.29) is 5.78 Å². The lowest BCUT2D eigenvalue weighted by atomic mass is 10.1. The minimum Gasteiger partial charge on any atom is -0.493 e. The Balaban J connectivity index is 2.54. The monoisotopic (exact) mass is 312 g/mol. The van der Waals surface area contributed by atoms with Crippen LogP contribution in [0.1, 0.15) is 15.2 Å². The molecule has 0 saturated carbocycles. The highest BCUT2D eigenvalue weighted by atomic mass is 35.5. The molecule has 0 spiro atoms. The van der Waals surface area contributed by atoms with Crippen LogP contribution in [0.5, 0.6) is 17.2 Å². The van der Waals surface area contributed by atoms with Crippen molar-refractivity contribution < 1.29 is 19.0 Å². The highest BCUT2D eigenvalue weighted by molar-refractivity contribution is 7.18. The lowest BCUT2D eigenvalue weighted by molar-refractivity contribution is 0.103. The second kappa shape index (κ2) is 6.15. The third-order valence-electron chi connectivity index (χ3n) is 2.75. The number of benzene rings is 1. The van der Waals surface area contributed by atoms with E-state index in [9.17, 15) is 4.79 Å². The molecule has 0 aliphatic rings. The van der Waals surface area contributed by atoms with E-state index in [0.717, 1.165) is 0 Å². The van der Waals surface area contributed by atoms with Crippen molar-refractivity contribution in [2.45, 2.75) is 0 Å². The average Bonchev–Trinajstić information content (AvgIpc) is 2.91. The summed E-state index contributed by atoms with van der Waals surface area (Å²) in [6.07, 6.45) is 0.